The Bertz CT molecular complexity index is 3040. The van der Waals surface area contributed by atoms with E-state index in [2.05, 4.69) is 114 Å². The first-order chi connectivity index (χ1) is 35.3. The summed E-state index contributed by atoms with van der Waals surface area (Å²) in [6.45, 7) is 0.577. The lowest BCUT2D eigenvalue weighted by Gasteiger charge is -2.13. The highest BCUT2D eigenvalue weighted by atomic mass is 79.9. The lowest BCUT2D eigenvalue weighted by atomic mass is 10.2. The standard InChI is InChI=1S/C14H11Br2NO3.C14H12BrNO4.C7H5Br2NO3.C7H7NO3.C6H5NO3.5CH4/c1-19-14(18)12-13(10(15)7-11(16)17-12)20-8-9-5-3-2-4-6-9;1-19-10-7-11(15)16-12(14(17)18)13(10)20-8-9-5-3-2-4-6-9;1-13-7(12)5-6(11)3(8)2-4(9)10-5;1-11-7(10)6-5(9)3-2-4-8-6;8-4-2-1-3-7-5(4)6(9)10;;;;;/h2-7H,8H2,1H3;2-7H,8H2,1H3,(H,17,18);2,11H,1H3;2-4,9H,1H3;1-3,8H,(H,9,10);5*1H4. The minimum atomic E-state index is -1.22. The summed E-state index contributed by atoms with van der Waals surface area (Å²) >= 11 is 15.9. The molecule has 0 amide bonds. The first-order valence-corrected chi connectivity index (χ1v) is 24.2. The zero-order valence-corrected chi connectivity index (χ0v) is 46.7. The summed E-state index contributed by atoms with van der Waals surface area (Å²) in [5, 5.41) is 44.8. The highest BCUT2D eigenvalue weighted by Crippen LogP contribution is 2.34. The number of aromatic nitrogens is 5. The number of rotatable bonds is 12. The van der Waals surface area contributed by atoms with Crippen molar-refractivity contribution in [3.05, 3.63) is 178 Å². The van der Waals surface area contributed by atoms with Crippen LogP contribution >= 0.6 is 79.6 Å². The second-order valence-corrected chi connectivity index (χ2v) is 17.6. The maximum atomic E-state index is 11.7. The molecule has 26 heteroatoms. The Kier molecular flexibility index (Phi) is 37.7. The fourth-order valence-electron chi connectivity index (χ4n) is 5.15. The monoisotopic (exact) mass is 1420 g/mol. The van der Waals surface area contributed by atoms with Crippen LogP contribution in [0.25, 0.3) is 0 Å². The van der Waals surface area contributed by atoms with Gasteiger partial charge in [-0.3, -0.25) is 0 Å². The number of carboxylic acids is 2. The minimum Gasteiger partial charge on any atom is -0.505 e. The van der Waals surface area contributed by atoms with Crippen molar-refractivity contribution in [3.8, 4) is 34.5 Å². The third kappa shape index (κ3) is 24.5. The molecule has 5 heterocycles. The third-order valence-electron chi connectivity index (χ3n) is 8.51. The van der Waals surface area contributed by atoms with Crippen LogP contribution in [-0.4, -0.2) is 109 Å². The van der Waals surface area contributed by atoms with Crippen LogP contribution in [0.2, 0.25) is 0 Å². The number of methoxy groups -OCH3 is 4. The van der Waals surface area contributed by atoms with Crippen LogP contribution in [0.4, 0.5) is 0 Å². The lowest BCUT2D eigenvalue weighted by molar-refractivity contribution is 0.0579. The van der Waals surface area contributed by atoms with Gasteiger partial charge in [0.2, 0.25) is 0 Å². The number of ether oxygens (including phenoxy) is 6. The number of hydrogen-bond donors (Lipinski definition) is 5. The second-order valence-electron chi connectivity index (χ2n) is 13.4. The number of carboxylic acid groups (broad SMARTS) is 2. The molecule has 0 aliphatic heterocycles. The van der Waals surface area contributed by atoms with Crippen LogP contribution in [0.1, 0.15) is 101 Å². The number of hydrogen-bond acceptors (Lipinski definition) is 19. The molecule has 428 valence electrons. The maximum Gasteiger partial charge on any atom is 0.360 e. The molecule has 79 heavy (non-hydrogen) atoms. The Hall–Kier alpha value is -7.26. The molecule has 5 aromatic heterocycles. The predicted octanol–water partition coefficient (Wildman–Crippen LogP) is 13.4. The van der Waals surface area contributed by atoms with Crippen LogP contribution in [0.3, 0.4) is 0 Å². The molecule has 7 rings (SSSR count). The highest BCUT2D eigenvalue weighted by molar-refractivity contribution is 9.11. The van der Waals surface area contributed by atoms with E-state index in [1.165, 1.54) is 71.2 Å². The SMILES string of the molecule is C.C.C.C.C.COC(=O)c1nc(Br)cc(Br)c1O.COC(=O)c1nc(Br)cc(Br)c1OCc1ccccc1.COC(=O)c1ncccc1O.COc1cc(Br)nc(C(=O)O)c1OCc1ccccc1.O=C(O)c1ncccc1O. The van der Waals surface area contributed by atoms with E-state index >= 15 is 0 Å². The first kappa shape index (κ1) is 76.0. The number of carbonyl (C=O) groups excluding carboxylic acids is 3. The molecule has 0 spiro atoms. The quantitative estimate of drug-likeness (QED) is 0.0431. The Balaban J connectivity index is -0.000000924. The summed E-state index contributed by atoms with van der Waals surface area (Å²) in [7, 11) is 5.21. The number of aromatic carboxylic acids is 2. The molecule has 0 aliphatic rings. The van der Waals surface area contributed by atoms with Gasteiger partial charge in [-0.2, -0.15) is 0 Å². The van der Waals surface area contributed by atoms with Crippen molar-refractivity contribution in [2.24, 2.45) is 0 Å². The van der Waals surface area contributed by atoms with E-state index in [9.17, 15) is 34.2 Å². The van der Waals surface area contributed by atoms with Gasteiger partial charge in [-0.25, -0.2) is 48.9 Å². The molecule has 2 aromatic carbocycles. The Morgan fingerprint density at radius 2 is 0.835 bits per heavy atom. The Morgan fingerprint density at radius 3 is 1.25 bits per heavy atom. The largest absolute Gasteiger partial charge is 0.505 e. The van der Waals surface area contributed by atoms with E-state index in [0.29, 0.717) is 40.9 Å². The number of carbonyl (C=O) groups is 5. The molecule has 0 saturated carbocycles. The Labute approximate surface area is 500 Å². The molecule has 21 nitrogen and oxygen atoms in total. The summed E-state index contributed by atoms with van der Waals surface area (Å²) in [6.07, 6.45) is 2.72. The smallest absolute Gasteiger partial charge is 0.360 e. The van der Waals surface area contributed by atoms with Gasteiger partial charge in [0.1, 0.15) is 38.5 Å². The number of nitrogens with zero attached hydrogens (tertiary/aromatic N) is 5. The molecule has 0 bridgehead atoms. The summed E-state index contributed by atoms with van der Waals surface area (Å²) in [5.41, 5.74) is 1.37. The van der Waals surface area contributed by atoms with Gasteiger partial charge >= 0.3 is 29.8 Å². The van der Waals surface area contributed by atoms with Gasteiger partial charge in [0, 0.05) is 18.5 Å². The molecule has 0 fully saturated rings. The molecular formula is C53H60Br5N5O16. The van der Waals surface area contributed by atoms with Crippen molar-refractivity contribution in [2.45, 2.75) is 50.3 Å². The van der Waals surface area contributed by atoms with Crippen molar-refractivity contribution in [2.75, 3.05) is 28.4 Å². The summed E-state index contributed by atoms with van der Waals surface area (Å²) in [6, 6.07) is 29.6. The van der Waals surface area contributed by atoms with E-state index in [0.717, 1.165) is 11.1 Å². The van der Waals surface area contributed by atoms with Crippen LogP contribution in [-0.2, 0) is 27.4 Å². The minimum absolute atomic E-state index is 0. The average Bonchev–Trinajstić information content (AvgIpc) is 3.39. The van der Waals surface area contributed by atoms with E-state index in [4.69, 9.17) is 34.3 Å². The van der Waals surface area contributed by atoms with Crippen LogP contribution in [0.5, 0.6) is 34.5 Å². The van der Waals surface area contributed by atoms with Crippen LogP contribution < -0.4 is 14.2 Å². The fourth-order valence-corrected chi connectivity index (χ4v) is 7.89. The van der Waals surface area contributed by atoms with Crippen molar-refractivity contribution in [3.63, 3.8) is 0 Å². The average molecular weight is 1420 g/mol. The van der Waals surface area contributed by atoms with E-state index in [-0.39, 0.29) is 95.2 Å². The topological polar surface area (TPSA) is 306 Å². The molecular weight excluding hydrogens is 1360 g/mol. The van der Waals surface area contributed by atoms with Gasteiger partial charge in [-0.15, -0.1) is 0 Å². The van der Waals surface area contributed by atoms with Gasteiger partial charge in [-0.05, 0) is 127 Å². The summed E-state index contributed by atoms with van der Waals surface area (Å²) in [4.78, 5) is 73.8. The Morgan fingerprint density at radius 1 is 0.456 bits per heavy atom. The van der Waals surface area contributed by atoms with Gasteiger partial charge in [0.15, 0.2) is 51.5 Å². The molecule has 0 unspecified atom stereocenters. The molecule has 0 saturated heterocycles. The van der Waals surface area contributed by atoms with E-state index in [1.807, 2.05) is 60.7 Å². The van der Waals surface area contributed by atoms with Gasteiger partial charge < -0.3 is 54.0 Å². The normalized spacial score (nSPS) is 9.18. The number of esters is 3. The maximum absolute atomic E-state index is 11.7. The van der Waals surface area contributed by atoms with Crippen molar-refractivity contribution in [1.29, 1.82) is 0 Å². The van der Waals surface area contributed by atoms with Crippen molar-refractivity contribution < 1.29 is 77.9 Å². The summed E-state index contributed by atoms with van der Waals surface area (Å²) < 4.78 is 32.3. The molecule has 0 atom stereocenters. The summed E-state index contributed by atoms with van der Waals surface area (Å²) in [5.74, 6) is -4.16. The van der Waals surface area contributed by atoms with Crippen LogP contribution in [0.15, 0.2) is 138 Å². The molecule has 0 radical (unpaired) electrons. The molecule has 7 aromatic rings. The molecule has 0 aliphatic carbocycles. The third-order valence-corrected chi connectivity index (χ3v) is 10.9. The highest BCUT2D eigenvalue weighted by Gasteiger charge is 2.22. The molecule has 5 N–H and O–H groups in total. The van der Waals surface area contributed by atoms with Crippen molar-refractivity contribution >= 4 is 109 Å². The number of pyridine rings is 5. The number of halogens is 5. The van der Waals surface area contributed by atoms with Crippen molar-refractivity contribution in [1.82, 2.24) is 24.9 Å². The van der Waals surface area contributed by atoms with E-state index in [1.54, 1.807) is 12.1 Å². The van der Waals surface area contributed by atoms with Crippen LogP contribution in [0, 0.1) is 0 Å². The lowest BCUT2D eigenvalue weighted by Crippen LogP contribution is -2.09. The fraction of sp³-hybridized carbons (Fsp3) is 0.208. The number of aromatic hydroxyl groups is 3. The van der Waals surface area contributed by atoms with Gasteiger partial charge in [-0.1, -0.05) is 97.8 Å². The van der Waals surface area contributed by atoms with E-state index < -0.39 is 29.8 Å². The van der Waals surface area contributed by atoms with Gasteiger partial charge in [0.05, 0.1) is 37.4 Å². The first-order valence-electron chi connectivity index (χ1n) is 20.2. The predicted molar refractivity (Wildman–Crippen MR) is 314 cm³/mol. The second kappa shape index (κ2) is 39.2. The number of benzene rings is 2. The zero-order chi connectivity index (χ0) is 54.9. The zero-order valence-electron chi connectivity index (χ0n) is 38.7. The van der Waals surface area contributed by atoms with Gasteiger partial charge in [0.25, 0.3) is 0 Å².